The highest BCUT2D eigenvalue weighted by Gasteiger charge is 2.43. The summed E-state index contributed by atoms with van der Waals surface area (Å²) in [4.78, 5) is 26.6. The first kappa shape index (κ1) is 12.8. The summed E-state index contributed by atoms with van der Waals surface area (Å²) >= 11 is 0. The topological polar surface area (TPSA) is 57.6 Å². The Hall–Kier alpha value is -1.94. The number of allylic oxidation sites excluding steroid dienone is 1. The van der Waals surface area contributed by atoms with Gasteiger partial charge in [-0.2, -0.15) is 0 Å². The van der Waals surface area contributed by atoms with Crippen LogP contribution in [0.15, 0.2) is 35.5 Å². The Bertz CT molecular complexity index is 676. The molecule has 3 aliphatic rings. The van der Waals surface area contributed by atoms with E-state index in [9.17, 15) is 14.7 Å². The number of hydrogen-bond acceptors (Lipinski definition) is 4. The zero-order chi connectivity index (χ0) is 14.6. The third-order valence-electron chi connectivity index (χ3n) is 4.87. The van der Waals surface area contributed by atoms with E-state index >= 15 is 0 Å². The molecule has 1 aliphatic carbocycles. The number of hydrogen-bond donors (Lipinski definition) is 1. The highest BCUT2D eigenvalue weighted by molar-refractivity contribution is 6.22. The molecule has 0 saturated heterocycles. The average Bonchev–Trinajstić information content (AvgIpc) is 2.50. The number of nitrogens with zero attached hydrogens (tertiary/aromatic N) is 1. The van der Waals surface area contributed by atoms with Gasteiger partial charge in [0.25, 0.3) is 0 Å². The Morgan fingerprint density at radius 1 is 1.10 bits per heavy atom. The highest BCUT2D eigenvalue weighted by Crippen LogP contribution is 2.43. The van der Waals surface area contributed by atoms with E-state index in [4.69, 9.17) is 0 Å². The largest absolute Gasteiger partial charge is 0.387 e. The molecule has 0 bridgehead atoms. The maximum Gasteiger partial charge on any atom is 0.170 e. The van der Waals surface area contributed by atoms with Crippen LogP contribution in [0.25, 0.3) is 0 Å². The SMILES string of the molecule is O=C1CCC(O)C2=C1C(=O)CC1c3ccccc3CCN21. The zero-order valence-electron chi connectivity index (χ0n) is 11.7. The fourth-order valence-electron chi connectivity index (χ4n) is 3.91. The summed E-state index contributed by atoms with van der Waals surface area (Å²) < 4.78 is 0. The number of carbonyl (C=O) groups excluding carboxylic acids is 2. The fourth-order valence-corrected chi connectivity index (χ4v) is 3.91. The lowest BCUT2D eigenvalue weighted by Gasteiger charge is -2.46. The molecule has 2 aliphatic heterocycles. The third kappa shape index (κ3) is 1.79. The van der Waals surface area contributed by atoms with E-state index < -0.39 is 6.10 Å². The molecule has 2 atom stereocenters. The van der Waals surface area contributed by atoms with Gasteiger partial charge >= 0.3 is 0 Å². The van der Waals surface area contributed by atoms with Crippen molar-refractivity contribution in [2.75, 3.05) is 6.54 Å². The van der Waals surface area contributed by atoms with Gasteiger partial charge in [0, 0.05) is 19.4 Å². The molecular formula is C17H17NO3. The highest BCUT2D eigenvalue weighted by atomic mass is 16.3. The molecule has 0 fully saturated rings. The summed E-state index contributed by atoms with van der Waals surface area (Å²) in [6.45, 7) is 0.762. The molecule has 1 aromatic rings. The lowest BCUT2D eigenvalue weighted by molar-refractivity contribution is -0.125. The van der Waals surface area contributed by atoms with Gasteiger partial charge in [0.2, 0.25) is 0 Å². The summed E-state index contributed by atoms with van der Waals surface area (Å²) in [7, 11) is 0. The van der Waals surface area contributed by atoms with Crippen LogP contribution in [0.2, 0.25) is 0 Å². The number of carbonyl (C=O) groups is 2. The van der Waals surface area contributed by atoms with Crippen LogP contribution in [0, 0.1) is 0 Å². The molecule has 4 nitrogen and oxygen atoms in total. The number of aliphatic hydroxyl groups is 1. The third-order valence-corrected chi connectivity index (χ3v) is 4.87. The van der Waals surface area contributed by atoms with Crippen molar-refractivity contribution in [1.29, 1.82) is 0 Å². The first-order valence-electron chi connectivity index (χ1n) is 7.50. The number of ketones is 2. The second-order valence-electron chi connectivity index (χ2n) is 6.02. The number of aliphatic hydroxyl groups excluding tert-OH is 1. The Kier molecular flexibility index (Phi) is 2.76. The van der Waals surface area contributed by atoms with Gasteiger partial charge in [-0.3, -0.25) is 9.59 Å². The van der Waals surface area contributed by atoms with Crippen LogP contribution in [0.4, 0.5) is 0 Å². The summed E-state index contributed by atoms with van der Waals surface area (Å²) in [6.07, 6.45) is 1.25. The second kappa shape index (κ2) is 4.53. The fraction of sp³-hybridized carbons (Fsp3) is 0.412. The van der Waals surface area contributed by atoms with Gasteiger partial charge < -0.3 is 10.0 Å². The van der Waals surface area contributed by atoms with E-state index in [2.05, 4.69) is 17.0 Å². The molecule has 2 unspecified atom stereocenters. The predicted octanol–water partition coefficient (Wildman–Crippen LogP) is 1.54. The number of Topliss-reactive ketones (excluding diaryl/α,β-unsaturated/α-hetero) is 2. The second-order valence-corrected chi connectivity index (χ2v) is 6.02. The van der Waals surface area contributed by atoms with E-state index in [1.165, 1.54) is 5.56 Å². The first-order valence-corrected chi connectivity index (χ1v) is 7.50. The van der Waals surface area contributed by atoms with Gasteiger partial charge in [0.1, 0.15) is 0 Å². The monoisotopic (exact) mass is 283 g/mol. The van der Waals surface area contributed by atoms with E-state index in [1.807, 2.05) is 12.1 Å². The smallest absolute Gasteiger partial charge is 0.170 e. The standard InChI is InChI=1S/C17H17NO3/c19-13-5-6-14(20)17-16(13)15(21)9-12-11-4-2-1-3-10(11)7-8-18(12)17/h1-4,12,14,20H,5-9H2. The van der Waals surface area contributed by atoms with E-state index in [1.54, 1.807) is 0 Å². The van der Waals surface area contributed by atoms with Crippen LogP contribution >= 0.6 is 0 Å². The molecule has 2 heterocycles. The molecule has 4 rings (SSSR count). The van der Waals surface area contributed by atoms with E-state index in [0.717, 1.165) is 18.5 Å². The van der Waals surface area contributed by atoms with Crippen LogP contribution in [-0.2, 0) is 16.0 Å². The van der Waals surface area contributed by atoms with Crippen molar-refractivity contribution in [2.24, 2.45) is 0 Å². The van der Waals surface area contributed by atoms with Crippen molar-refractivity contribution in [3.63, 3.8) is 0 Å². The summed E-state index contributed by atoms with van der Waals surface area (Å²) in [5, 5.41) is 10.3. The minimum Gasteiger partial charge on any atom is -0.387 e. The molecule has 108 valence electrons. The minimum absolute atomic E-state index is 0.0262. The molecule has 1 N–H and O–H groups in total. The number of benzene rings is 1. The molecule has 0 spiro atoms. The quantitative estimate of drug-likeness (QED) is 0.734. The first-order chi connectivity index (χ1) is 10.2. The van der Waals surface area contributed by atoms with Crippen LogP contribution < -0.4 is 0 Å². The van der Waals surface area contributed by atoms with Gasteiger partial charge in [0.05, 0.1) is 23.4 Å². The van der Waals surface area contributed by atoms with Gasteiger partial charge in [0.15, 0.2) is 11.6 Å². The zero-order valence-corrected chi connectivity index (χ0v) is 11.7. The molecule has 0 amide bonds. The number of fused-ring (bicyclic) bond motifs is 4. The normalized spacial score (nSPS) is 28.1. The lowest BCUT2D eigenvalue weighted by atomic mass is 9.79. The van der Waals surface area contributed by atoms with E-state index in [-0.39, 0.29) is 29.6 Å². The molecular weight excluding hydrogens is 266 g/mol. The maximum atomic E-state index is 12.4. The molecule has 0 aromatic heterocycles. The summed E-state index contributed by atoms with van der Waals surface area (Å²) in [6, 6.07) is 8.13. The Morgan fingerprint density at radius 2 is 1.90 bits per heavy atom. The van der Waals surface area contributed by atoms with Crippen molar-refractivity contribution in [3.8, 4) is 0 Å². The van der Waals surface area contributed by atoms with Crippen molar-refractivity contribution in [3.05, 3.63) is 46.7 Å². The van der Waals surface area contributed by atoms with E-state index in [0.29, 0.717) is 18.5 Å². The lowest BCUT2D eigenvalue weighted by Crippen LogP contribution is -2.47. The van der Waals surface area contributed by atoms with Crippen LogP contribution in [-0.4, -0.2) is 34.2 Å². The van der Waals surface area contributed by atoms with Gasteiger partial charge in [-0.1, -0.05) is 24.3 Å². The van der Waals surface area contributed by atoms with Gasteiger partial charge in [-0.25, -0.2) is 0 Å². The van der Waals surface area contributed by atoms with Crippen molar-refractivity contribution >= 4 is 11.6 Å². The van der Waals surface area contributed by atoms with Crippen molar-refractivity contribution in [2.45, 2.75) is 37.8 Å². The van der Waals surface area contributed by atoms with Crippen molar-refractivity contribution in [1.82, 2.24) is 4.90 Å². The van der Waals surface area contributed by atoms with Crippen molar-refractivity contribution < 1.29 is 14.7 Å². The van der Waals surface area contributed by atoms with Crippen LogP contribution in [0.5, 0.6) is 0 Å². The van der Waals surface area contributed by atoms with Gasteiger partial charge in [-0.15, -0.1) is 0 Å². The average molecular weight is 283 g/mol. The van der Waals surface area contributed by atoms with Crippen LogP contribution in [0.3, 0.4) is 0 Å². The summed E-state index contributed by atoms with van der Waals surface area (Å²) in [5.74, 6) is -0.204. The molecule has 0 saturated carbocycles. The predicted molar refractivity (Wildman–Crippen MR) is 76.5 cm³/mol. The Morgan fingerprint density at radius 3 is 2.76 bits per heavy atom. The maximum absolute atomic E-state index is 12.4. The van der Waals surface area contributed by atoms with Crippen LogP contribution in [0.1, 0.15) is 36.4 Å². The summed E-state index contributed by atoms with van der Waals surface area (Å²) in [5.41, 5.74) is 3.28. The Labute approximate surface area is 123 Å². The molecule has 1 aromatic carbocycles. The number of rotatable bonds is 0. The molecule has 4 heteroatoms. The molecule has 21 heavy (non-hydrogen) atoms. The molecule has 0 radical (unpaired) electrons. The van der Waals surface area contributed by atoms with Gasteiger partial charge in [-0.05, 0) is 24.0 Å². The Balaban J connectivity index is 1.86. The minimum atomic E-state index is -0.685.